The van der Waals surface area contributed by atoms with Crippen LogP contribution in [0.3, 0.4) is 0 Å². The number of piperidine rings is 1. The standard InChI is InChI=1S/C19H28N2O4S/c1-14-20-26(23,24)18(19(2,3)25-14)17-6-4-15(5-7-17)16-8-10-21(11-9-16)12-13-22/h4-7,16,18,20,22H,1,8-13H2,2-3H3. The summed E-state index contributed by atoms with van der Waals surface area (Å²) in [4.78, 5) is 2.28. The Kier molecular flexibility index (Phi) is 5.33. The largest absolute Gasteiger partial charge is 0.471 e. The molecule has 7 heteroatoms. The first-order valence-electron chi connectivity index (χ1n) is 9.05. The van der Waals surface area contributed by atoms with Gasteiger partial charge in [0, 0.05) is 6.54 Å². The summed E-state index contributed by atoms with van der Waals surface area (Å²) in [6.07, 6.45) is 2.11. The van der Waals surface area contributed by atoms with Gasteiger partial charge in [0.05, 0.1) is 6.61 Å². The number of hydrogen-bond donors (Lipinski definition) is 2. The van der Waals surface area contributed by atoms with E-state index in [4.69, 9.17) is 9.84 Å². The fourth-order valence-electron chi connectivity index (χ4n) is 4.14. The zero-order chi connectivity index (χ0) is 18.9. The third kappa shape index (κ3) is 3.89. The average Bonchev–Trinajstić information content (AvgIpc) is 2.54. The molecule has 2 aliphatic rings. The lowest BCUT2D eigenvalue weighted by atomic mass is 9.88. The van der Waals surface area contributed by atoms with Gasteiger partial charge in [0.2, 0.25) is 10.0 Å². The second kappa shape index (κ2) is 7.21. The van der Waals surface area contributed by atoms with E-state index in [1.807, 2.05) is 24.3 Å². The van der Waals surface area contributed by atoms with Gasteiger partial charge in [0.15, 0.2) is 5.88 Å². The summed E-state index contributed by atoms with van der Waals surface area (Å²) in [6, 6.07) is 7.88. The number of ether oxygens (including phenoxy) is 1. The Balaban J connectivity index is 1.76. The van der Waals surface area contributed by atoms with Crippen LogP contribution in [0.25, 0.3) is 0 Å². The van der Waals surface area contributed by atoms with Gasteiger partial charge in [-0.15, -0.1) is 0 Å². The van der Waals surface area contributed by atoms with Gasteiger partial charge in [-0.1, -0.05) is 24.3 Å². The van der Waals surface area contributed by atoms with Gasteiger partial charge in [0.1, 0.15) is 10.9 Å². The Labute approximate surface area is 155 Å². The zero-order valence-electron chi connectivity index (χ0n) is 15.4. The first-order chi connectivity index (χ1) is 12.2. The molecule has 0 amide bonds. The van der Waals surface area contributed by atoms with Gasteiger partial charge in [-0.2, -0.15) is 0 Å². The van der Waals surface area contributed by atoms with Crippen molar-refractivity contribution >= 4 is 10.0 Å². The smallest absolute Gasteiger partial charge is 0.246 e. The molecule has 2 saturated heterocycles. The second-order valence-corrected chi connectivity index (χ2v) is 9.43. The fourth-order valence-corrected chi connectivity index (χ4v) is 5.93. The Hall–Kier alpha value is -1.57. The van der Waals surface area contributed by atoms with Crippen LogP contribution < -0.4 is 4.72 Å². The number of β-amino-alcohol motifs (C(OH)–C–C–N with tert-alkyl or cyclic N) is 1. The van der Waals surface area contributed by atoms with E-state index in [2.05, 4.69) is 16.2 Å². The molecule has 0 spiro atoms. The Bertz CT molecular complexity index is 750. The molecule has 0 saturated carbocycles. The molecule has 2 fully saturated rings. The van der Waals surface area contributed by atoms with Crippen molar-refractivity contribution in [2.75, 3.05) is 26.2 Å². The van der Waals surface area contributed by atoms with Crippen molar-refractivity contribution < 1.29 is 18.3 Å². The van der Waals surface area contributed by atoms with Gasteiger partial charge in [-0.3, -0.25) is 4.72 Å². The second-order valence-electron chi connectivity index (χ2n) is 7.66. The van der Waals surface area contributed by atoms with E-state index in [0.717, 1.165) is 38.0 Å². The Morgan fingerprint density at radius 2 is 1.81 bits per heavy atom. The number of nitrogens with one attached hydrogen (secondary N) is 1. The number of aliphatic hydroxyl groups excluding tert-OH is 1. The van der Waals surface area contributed by atoms with Gasteiger partial charge in [-0.05, 0) is 63.4 Å². The van der Waals surface area contributed by atoms with Crippen LogP contribution in [0.1, 0.15) is 49.0 Å². The summed E-state index contributed by atoms with van der Waals surface area (Å²) < 4.78 is 33.3. The lowest BCUT2D eigenvalue weighted by Crippen LogP contribution is -2.48. The molecule has 2 heterocycles. The van der Waals surface area contributed by atoms with Crippen molar-refractivity contribution in [2.45, 2.75) is 43.5 Å². The number of aliphatic hydroxyl groups is 1. The van der Waals surface area contributed by atoms with Crippen molar-refractivity contribution in [2.24, 2.45) is 0 Å². The molecular weight excluding hydrogens is 352 g/mol. The van der Waals surface area contributed by atoms with Crippen molar-refractivity contribution in [3.63, 3.8) is 0 Å². The number of sulfonamides is 1. The molecule has 2 aliphatic heterocycles. The first kappa shape index (κ1) is 19.2. The van der Waals surface area contributed by atoms with Crippen LogP contribution in [0.5, 0.6) is 0 Å². The molecule has 2 N–H and O–H groups in total. The lowest BCUT2D eigenvalue weighted by molar-refractivity contribution is 0.0156. The highest BCUT2D eigenvalue weighted by Gasteiger charge is 2.47. The van der Waals surface area contributed by atoms with E-state index in [1.165, 1.54) is 5.56 Å². The molecular formula is C19H28N2O4S. The van der Waals surface area contributed by atoms with Crippen LogP contribution >= 0.6 is 0 Å². The zero-order valence-corrected chi connectivity index (χ0v) is 16.3. The molecule has 1 aromatic rings. The van der Waals surface area contributed by atoms with E-state index in [-0.39, 0.29) is 12.5 Å². The normalized spacial score (nSPS) is 26.1. The minimum atomic E-state index is -3.59. The van der Waals surface area contributed by atoms with Crippen LogP contribution in [0, 0.1) is 0 Å². The van der Waals surface area contributed by atoms with Crippen LogP contribution in [0.15, 0.2) is 36.7 Å². The maximum Gasteiger partial charge on any atom is 0.246 e. The predicted molar refractivity (Wildman–Crippen MR) is 101 cm³/mol. The van der Waals surface area contributed by atoms with Crippen molar-refractivity contribution in [3.8, 4) is 0 Å². The van der Waals surface area contributed by atoms with Crippen molar-refractivity contribution in [1.82, 2.24) is 9.62 Å². The van der Waals surface area contributed by atoms with Gasteiger partial charge in [-0.25, -0.2) is 8.42 Å². The van der Waals surface area contributed by atoms with E-state index >= 15 is 0 Å². The summed E-state index contributed by atoms with van der Waals surface area (Å²) in [5.41, 5.74) is 1.07. The maximum absolute atomic E-state index is 12.6. The van der Waals surface area contributed by atoms with Gasteiger partial charge >= 0.3 is 0 Å². The van der Waals surface area contributed by atoms with Crippen LogP contribution in [0.2, 0.25) is 0 Å². The molecule has 144 valence electrons. The van der Waals surface area contributed by atoms with Crippen LogP contribution in [-0.2, 0) is 14.8 Å². The average molecular weight is 381 g/mol. The summed E-state index contributed by atoms with van der Waals surface area (Å²) in [5, 5.41) is 8.25. The third-order valence-corrected chi connectivity index (χ3v) is 7.27. The number of nitrogens with zero attached hydrogens (tertiary/aromatic N) is 1. The number of benzene rings is 1. The molecule has 0 aromatic heterocycles. The maximum atomic E-state index is 12.6. The van der Waals surface area contributed by atoms with E-state index in [0.29, 0.717) is 5.92 Å². The molecule has 0 aliphatic carbocycles. The number of hydrogen-bond acceptors (Lipinski definition) is 5. The summed E-state index contributed by atoms with van der Waals surface area (Å²) in [5.74, 6) is 0.543. The minimum Gasteiger partial charge on any atom is -0.471 e. The van der Waals surface area contributed by atoms with E-state index < -0.39 is 20.9 Å². The number of likely N-dealkylation sites (tertiary alicyclic amines) is 1. The molecule has 0 bridgehead atoms. The summed E-state index contributed by atoms with van der Waals surface area (Å²) in [6.45, 7) is 10.0. The Morgan fingerprint density at radius 1 is 1.23 bits per heavy atom. The van der Waals surface area contributed by atoms with Crippen LogP contribution in [0.4, 0.5) is 0 Å². The molecule has 1 aromatic carbocycles. The third-order valence-electron chi connectivity index (χ3n) is 5.30. The monoisotopic (exact) mass is 380 g/mol. The fraction of sp³-hybridized carbons (Fsp3) is 0.579. The van der Waals surface area contributed by atoms with Crippen molar-refractivity contribution in [1.29, 1.82) is 0 Å². The first-order valence-corrected chi connectivity index (χ1v) is 10.6. The predicted octanol–water partition coefficient (Wildman–Crippen LogP) is 2.10. The summed E-state index contributed by atoms with van der Waals surface area (Å²) >= 11 is 0. The lowest BCUT2D eigenvalue weighted by Gasteiger charge is -2.40. The topological polar surface area (TPSA) is 78.9 Å². The van der Waals surface area contributed by atoms with Crippen LogP contribution in [-0.4, -0.2) is 50.3 Å². The molecule has 3 rings (SSSR count). The van der Waals surface area contributed by atoms with E-state index in [9.17, 15) is 8.42 Å². The summed E-state index contributed by atoms with van der Waals surface area (Å²) in [7, 11) is -3.59. The van der Waals surface area contributed by atoms with Crippen molar-refractivity contribution in [3.05, 3.63) is 47.9 Å². The van der Waals surface area contributed by atoms with Gasteiger partial charge in [0.25, 0.3) is 0 Å². The Morgan fingerprint density at radius 3 is 2.35 bits per heavy atom. The molecule has 6 nitrogen and oxygen atoms in total. The SMILES string of the molecule is C=C1NS(=O)(=O)C(c2ccc(C3CCN(CCO)CC3)cc2)C(C)(C)O1. The highest BCUT2D eigenvalue weighted by atomic mass is 32.2. The molecule has 1 atom stereocenters. The van der Waals surface area contributed by atoms with E-state index in [1.54, 1.807) is 13.8 Å². The molecule has 0 radical (unpaired) electrons. The highest BCUT2D eigenvalue weighted by Crippen LogP contribution is 2.40. The minimum absolute atomic E-state index is 0.0671. The highest BCUT2D eigenvalue weighted by molar-refractivity contribution is 7.90. The van der Waals surface area contributed by atoms with Gasteiger partial charge < -0.3 is 14.7 Å². The quantitative estimate of drug-likeness (QED) is 0.836. The molecule has 26 heavy (non-hydrogen) atoms. The number of rotatable bonds is 4. The molecule has 1 unspecified atom stereocenters.